The van der Waals surface area contributed by atoms with Crippen LogP contribution in [0.15, 0.2) is 243 Å². The summed E-state index contributed by atoms with van der Waals surface area (Å²) in [5, 5.41) is 12.6. The van der Waals surface area contributed by atoms with Crippen molar-refractivity contribution in [1.82, 2.24) is 0 Å². The van der Waals surface area contributed by atoms with E-state index in [0.717, 1.165) is 0 Å². The summed E-state index contributed by atoms with van der Waals surface area (Å²) in [6, 6.07) is 95.1. The SMILES string of the molecule is C[Si](C)([Si](c1ccccc1)(c1ccccc1)[SiH](c1ccccc1)c1ccccc1)[Si](c1ccccc1)(c1ccccc1)[SiH](c1ccccc1)c1ccccc1. The summed E-state index contributed by atoms with van der Waals surface area (Å²) in [5.41, 5.74) is 0. The lowest BCUT2D eigenvalue weighted by Crippen LogP contribution is -3.00. The molecule has 0 radical (unpaired) electrons. The van der Waals surface area contributed by atoms with Gasteiger partial charge in [0.25, 0.3) is 0 Å². The van der Waals surface area contributed by atoms with Gasteiger partial charge in [0.2, 0.25) is 0 Å². The van der Waals surface area contributed by atoms with Gasteiger partial charge in [-0.1, -0.05) is 297 Å². The monoisotopic (exact) mass is 788 g/mol. The molecule has 268 valence electrons. The maximum Gasteiger partial charge on any atom is 0.109 e. The molecule has 0 saturated carbocycles. The molecule has 0 atom stereocenters. The first kappa shape index (κ1) is 36.8. The molecule has 0 fully saturated rings. The highest BCUT2D eigenvalue weighted by Gasteiger charge is 2.70. The molecule has 0 heterocycles. The van der Waals surface area contributed by atoms with Gasteiger partial charge in [-0.25, -0.2) is 0 Å². The Bertz CT molecular complexity index is 2050. The van der Waals surface area contributed by atoms with Crippen LogP contribution in [0.5, 0.6) is 0 Å². The van der Waals surface area contributed by atoms with Crippen molar-refractivity contribution in [2.75, 3.05) is 0 Å². The zero-order valence-corrected chi connectivity index (χ0v) is 37.1. The normalized spacial score (nSPS) is 12.1. The largest absolute Gasteiger partial charge is 0.109 e. The van der Waals surface area contributed by atoms with Crippen molar-refractivity contribution in [2.24, 2.45) is 0 Å². The smallest absolute Gasteiger partial charge is 0.0723 e. The van der Waals surface area contributed by atoms with E-state index in [4.69, 9.17) is 0 Å². The summed E-state index contributed by atoms with van der Waals surface area (Å²) >= 11 is 0. The molecule has 0 nitrogen and oxygen atoms in total. The Labute approximate surface area is 333 Å². The Morgan fingerprint density at radius 2 is 0.400 bits per heavy atom. The van der Waals surface area contributed by atoms with Crippen LogP contribution in [0, 0.1) is 0 Å². The lowest BCUT2D eigenvalue weighted by Gasteiger charge is -2.60. The van der Waals surface area contributed by atoms with E-state index in [1.165, 1.54) is 0 Å². The Morgan fingerprint density at radius 1 is 0.236 bits per heavy atom. The molecule has 0 aromatic heterocycles. The van der Waals surface area contributed by atoms with Gasteiger partial charge in [-0.2, -0.15) is 0 Å². The van der Waals surface area contributed by atoms with Gasteiger partial charge in [-0.05, 0) is 0 Å². The minimum atomic E-state index is -2.84. The van der Waals surface area contributed by atoms with Crippen LogP contribution in [0.25, 0.3) is 0 Å². The molecule has 55 heavy (non-hydrogen) atoms. The molecule has 8 aromatic rings. The Hall–Kier alpha value is -5.16. The van der Waals surface area contributed by atoms with Crippen LogP contribution < -0.4 is 41.5 Å². The van der Waals surface area contributed by atoms with Gasteiger partial charge in [-0.3, -0.25) is 0 Å². The first-order valence-corrected chi connectivity index (χ1v) is 34.4. The average molecular weight is 789 g/mol. The molecule has 0 unspecified atom stereocenters. The number of hydrogen-bond donors (Lipinski definition) is 0. The lowest BCUT2D eigenvalue weighted by atomic mass is 10.4. The highest BCUT2D eigenvalue weighted by Crippen LogP contribution is 2.34. The van der Waals surface area contributed by atoms with Crippen LogP contribution in [-0.4, -0.2) is 38.0 Å². The molecule has 0 amide bonds. The highest BCUT2D eigenvalue weighted by molar-refractivity contribution is 7.99. The summed E-state index contributed by atoms with van der Waals surface area (Å²) in [6.07, 6.45) is 0. The second kappa shape index (κ2) is 16.3. The van der Waals surface area contributed by atoms with E-state index in [1.807, 2.05) is 0 Å². The maximum atomic E-state index is 2.91. The van der Waals surface area contributed by atoms with E-state index in [2.05, 4.69) is 256 Å². The molecule has 0 aliphatic carbocycles. The van der Waals surface area contributed by atoms with Gasteiger partial charge in [0, 0.05) is 0 Å². The summed E-state index contributed by atoms with van der Waals surface area (Å²) in [7, 11) is -12.6. The minimum Gasteiger partial charge on any atom is -0.0723 e. The molecular weight excluding hydrogens is 741 g/mol. The van der Waals surface area contributed by atoms with Gasteiger partial charge in [0.15, 0.2) is 0 Å². The summed E-state index contributed by atoms with van der Waals surface area (Å²) < 4.78 is 0. The van der Waals surface area contributed by atoms with Crippen molar-refractivity contribution >= 4 is 79.4 Å². The second-order valence-electron chi connectivity index (χ2n) is 15.2. The fraction of sp³-hybridized carbons (Fsp3) is 0.0400. The first-order valence-electron chi connectivity index (χ1n) is 19.5. The third-order valence-electron chi connectivity index (χ3n) is 12.3. The zero-order chi connectivity index (χ0) is 37.6. The van der Waals surface area contributed by atoms with Crippen LogP contribution in [0.1, 0.15) is 0 Å². The molecule has 0 spiro atoms. The molecule has 0 saturated heterocycles. The molecule has 0 N–H and O–H groups in total. The molecule has 0 bridgehead atoms. The van der Waals surface area contributed by atoms with Gasteiger partial charge in [0.05, 0.1) is 7.11 Å². The maximum absolute atomic E-state index is 2.91. The molecule has 8 aromatic carbocycles. The molecule has 0 aliphatic rings. The third kappa shape index (κ3) is 6.46. The first-order chi connectivity index (χ1) is 27.1. The number of benzene rings is 8. The van der Waals surface area contributed by atoms with E-state index >= 15 is 0 Å². The third-order valence-corrected chi connectivity index (χ3v) is 86.1. The predicted molar refractivity (Wildman–Crippen MR) is 252 cm³/mol. The van der Waals surface area contributed by atoms with E-state index in [0.29, 0.717) is 0 Å². The van der Waals surface area contributed by atoms with Gasteiger partial charge < -0.3 is 0 Å². The quantitative estimate of drug-likeness (QED) is 0.141. The molecular formula is C50H48Si5. The van der Waals surface area contributed by atoms with Crippen LogP contribution in [0.4, 0.5) is 0 Å². The highest BCUT2D eigenvalue weighted by atomic mass is 29.9. The van der Waals surface area contributed by atoms with Crippen LogP contribution in [0.2, 0.25) is 13.1 Å². The Kier molecular flexibility index (Phi) is 10.9. The number of hydrogen-bond acceptors (Lipinski definition) is 0. The second-order valence-corrected chi connectivity index (χ2v) is 54.3. The van der Waals surface area contributed by atoms with E-state index < -0.39 is 38.0 Å². The molecule has 5 heteroatoms. The summed E-state index contributed by atoms with van der Waals surface area (Å²) in [4.78, 5) is 0. The summed E-state index contributed by atoms with van der Waals surface area (Å²) in [5.74, 6) is 0. The topological polar surface area (TPSA) is 0 Å². The standard InChI is InChI=1S/C50H48Si5/c1-53(2,54(47-35-19-7-20-36-47,48-37-21-8-22-38-48)51(43-27-11-3-12-28-43)44-29-13-4-14-30-44)55(49-39-23-9-24-40-49,50-41-25-10-26-42-50)52(45-31-15-5-16-32-45)46-33-17-6-18-34-46/h3-42,51-52H,1-2H3. The van der Waals surface area contributed by atoms with Crippen LogP contribution >= 0.6 is 0 Å². The van der Waals surface area contributed by atoms with Crippen molar-refractivity contribution in [2.45, 2.75) is 13.1 Å². The fourth-order valence-corrected chi connectivity index (χ4v) is 111. The molecule has 0 aliphatic heterocycles. The van der Waals surface area contributed by atoms with Crippen molar-refractivity contribution in [3.8, 4) is 0 Å². The van der Waals surface area contributed by atoms with E-state index in [-0.39, 0.29) is 0 Å². The summed E-state index contributed by atoms with van der Waals surface area (Å²) in [6.45, 7) is 5.81. The Balaban J connectivity index is 1.65. The van der Waals surface area contributed by atoms with Crippen LogP contribution in [0.3, 0.4) is 0 Å². The van der Waals surface area contributed by atoms with Gasteiger partial charge in [-0.15, -0.1) is 0 Å². The van der Waals surface area contributed by atoms with E-state index in [9.17, 15) is 0 Å². The minimum absolute atomic E-state index is 1.55. The van der Waals surface area contributed by atoms with E-state index in [1.54, 1.807) is 41.5 Å². The zero-order valence-electron chi connectivity index (χ0n) is 31.7. The fourth-order valence-electron chi connectivity index (χ4n) is 10.2. The van der Waals surface area contributed by atoms with Crippen molar-refractivity contribution < 1.29 is 0 Å². The Morgan fingerprint density at radius 3 is 0.582 bits per heavy atom. The van der Waals surface area contributed by atoms with Crippen molar-refractivity contribution in [1.29, 1.82) is 0 Å². The lowest BCUT2D eigenvalue weighted by molar-refractivity contribution is 1.70. The predicted octanol–water partition coefficient (Wildman–Crippen LogP) is 5.62. The van der Waals surface area contributed by atoms with Crippen molar-refractivity contribution in [3.63, 3.8) is 0 Å². The van der Waals surface area contributed by atoms with Gasteiger partial charge in [0.1, 0.15) is 30.8 Å². The average Bonchev–Trinajstić information content (AvgIpc) is 3.27. The molecule has 8 rings (SSSR count). The van der Waals surface area contributed by atoms with Gasteiger partial charge >= 0.3 is 0 Å². The van der Waals surface area contributed by atoms with Crippen molar-refractivity contribution in [3.05, 3.63) is 243 Å². The number of rotatable bonds is 12. The van der Waals surface area contributed by atoms with Crippen LogP contribution in [-0.2, 0) is 0 Å².